The fourth-order valence-electron chi connectivity index (χ4n) is 0.349. The molecule has 7 heteroatoms. The van der Waals surface area contributed by atoms with Crippen LogP contribution in [-0.2, 0) is 23.4 Å². The molecule has 0 radical (unpaired) electrons. The largest absolute Gasteiger partial charge is 0.310 e. The van der Waals surface area contributed by atoms with Crippen LogP contribution in [0.4, 0.5) is 0 Å². The highest BCUT2D eigenvalue weighted by atomic mass is 32.2. The van der Waals surface area contributed by atoms with E-state index in [2.05, 4.69) is 8.71 Å². The molecule has 0 aromatic rings. The fourth-order valence-corrected chi connectivity index (χ4v) is 2.20. The lowest BCUT2D eigenvalue weighted by atomic mass is 10.8. The van der Waals surface area contributed by atoms with Crippen molar-refractivity contribution in [1.29, 1.82) is 0 Å². The van der Waals surface area contributed by atoms with E-state index in [-0.39, 0.29) is 6.61 Å². The highest BCUT2D eigenvalue weighted by molar-refractivity contribution is 7.86. The molecule has 0 rings (SSSR count). The molecule has 5 nitrogen and oxygen atoms in total. The average Bonchev–Trinajstić information content (AvgIpc) is 1.97. The molecule has 0 aliphatic rings. The van der Waals surface area contributed by atoms with Gasteiger partial charge in [0.1, 0.15) is 6.61 Å². The summed E-state index contributed by atoms with van der Waals surface area (Å²) in [6.07, 6.45) is 4.78. The summed E-state index contributed by atoms with van der Waals surface area (Å²) in [6.45, 7) is 2.27. The molecule has 0 fully saturated rings. The van der Waals surface area contributed by atoms with E-state index in [9.17, 15) is 13.0 Å². The second kappa shape index (κ2) is 4.77. The third kappa shape index (κ3) is 8.00. The van der Waals surface area contributed by atoms with Crippen molar-refractivity contribution in [3.8, 4) is 12.3 Å². The Morgan fingerprint density at radius 1 is 1.46 bits per heavy atom. The van der Waals surface area contributed by atoms with Gasteiger partial charge in [0, 0.05) is 13.3 Å². The highest BCUT2D eigenvalue weighted by Gasteiger charge is 2.16. The zero-order valence-electron chi connectivity index (χ0n) is 7.39. The Morgan fingerprint density at radius 2 is 2.00 bits per heavy atom. The summed E-state index contributed by atoms with van der Waals surface area (Å²) in [4.78, 5) is 0. The van der Waals surface area contributed by atoms with Gasteiger partial charge in [0.2, 0.25) is 0 Å². The molecule has 0 heterocycles. The number of hydrogen-bond acceptors (Lipinski definition) is 5. The molecule has 0 saturated heterocycles. The molecule has 0 aliphatic carbocycles. The molecular formula is C6H11O5PS. The minimum absolute atomic E-state index is 0.344. The average molecular weight is 226 g/mol. The summed E-state index contributed by atoms with van der Waals surface area (Å²) >= 11 is 0. The number of terminal acetylenes is 1. The van der Waals surface area contributed by atoms with Crippen LogP contribution in [0.5, 0.6) is 0 Å². The third-order valence-corrected chi connectivity index (χ3v) is 2.64. The standard InChI is InChI=1S/C6H11O5PS/c1-4-5-11-13(8,9)6-10-12(2,3)7/h1H,5-6H2,2-3H3. The monoisotopic (exact) mass is 226 g/mol. The Hall–Kier alpha value is -0.340. The second-order valence-corrected chi connectivity index (χ2v) is 6.87. The van der Waals surface area contributed by atoms with Gasteiger partial charge in [-0.1, -0.05) is 5.92 Å². The summed E-state index contributed by atoms with van der Waals surface area (Å²) in [5.74, 6) is 1.26. The Labute approximate surface area is 78.0 Å². The number of rotatable bonds is 5. The van der Waals surface area contributed by atoms with Crippen molar-refractivity contribution in [3.63, 3.8) is 0 Å². The topological polar surface area (TPSA) is 69.7 Å². The normalized spacial score (nSPS) is 12.4. The van der Waals surface area contributed by atoms with Crippen LogP contribution in [0.15, 0.2) is 0 Å². The van der Waals surface area contributed by atoms with Crippen molar-refractivity contribution < 1.29 is 21.7 Å². The van der Waals surface area contributed by atoms with Crippen molar-refractivity contribution in [3.05, 3.63) is 0 Å². The van der Waals surface area contributed by atoms with Gasteiger partial charge in [-0.15, -0.1) is 6.42 Å². The maximum Gasteiger partial charge on any atom is 0.293 e. The Bertz CT molecular complexity index is 333. The minimum atomic E-state index is -3.81. The van der Waals surface area contributed by atoms with Crippen LogP contribution in [-0.4, -0.2) is 34.3 Å². The van der Waals surface area contributed by atoms with E-state index in [4.69, 9.17) is 6.42 Å². The zero-order chi connectivity index (χ0) is 10.5. The van der Waals surface area contributed by atoms with E-state index in [1.54, 1.807) is 0 Å². The van der Waals surface area contributed by atoms with Crippen LogP contribution in [0, 0.1) is 12.3 Å². The molecule has 0 unspecified atom stereocenters. The van der Waals surface area contributed by atoms with Crippen LogP contribution < -0.4 is 0 Å². The van der Waals surface area contributed by atoms with Crippen molar-refractivity contribution in [2.45, 2.75) is 0 Å². The van der Waals surface area contributed by atoms with Gasteiger partial charge in [0.05, 0.1) is 0 Å². The quantitative estimate of drug-likeness (QED) is 0.387. The molecule has 76 valence electrons. The SMILES string of the molecule is C#CCOS(=O)(=O)COP(C)(C)=O. The lowest BCUT2D eigenvalue weighted by molar-refractivity contribution is 0.314. The van der Waals surface area contributed by atoms with Gasteiger partial charge in [-0.25, -0.2) is 0 Å². The van der Waals surface area contributed by atoms with Gasteiger partial charge in [-0.2, -0.15) is 8.42 Å². The van der Waals surface area contributed by atoms with Crippen molar-refractivity contribution >= 4 is 17.5 Å². The fraction of sp³-hybridized carbons (Fsp3) is 0.667. The van der Waals surface area contributed by atoms with Gasteiger partial charge in [-0.05, 0) is 0 Å². The smallest absolute Gasteiger partial charge is 0.293 e. The Kier molecular flexibility index (Phi) is 4.65. The molecular weight excluding hydrogens is 215 g/mol. The summed E-state index contributed by atoms with van der Waals surface area (Å²) < 4.78 is 41.5. The summed E-state index contributed by atoms with van der Waals surface area (Å²) in [7, 11) is -6.62. The minimum Gasteiger partial charge on any atom is -0.310 e. The molecule has 13 heavy (non-hydrogen) atoms. The first-order valence-electron chi connectivity index (χ1n) is 3.27. The first kappa shape index (κ1) is 12.7. The van der Waals surface area contributed by atoms with Gasteiger partial charge < -0.3 is 4.52 Å². The molecule has 0 amide bonds. The van der Waals surface area contributed by atoms with E-state index in [1.165, 1.54) is 13.3 Å². The summed E-state index contributed by atoms with van der Waals surface area (Å²) in [5, 5.41) is 0. The van der Waals surface area contributed by atoms with E-state index >= 15 is 0 Å². The van der Waals surface area contributed by atoms with Crippen molar-refractivity contribution in [2.75, 3.05) is 25.9 Å². The van der Waals surface area contributed by atoms with Gasteiger partial charge in [0.25, 0.3) is 10.1 Å². The van der Waals surface area contributed by atoms with Crippen LogP contribution >= 0.6 is 7.37 Å². The van der Waals surface area contributed by atoms with Crippen molar-refractivity contribution in [2.24, 2.45) is 0 Å². The molecule has 0 bridgehead atoms. The Morgan fingerprint density at radius 3 is 2.38 bits per heavy atom. The molecule has 0 aromatic carbocycles. The number of hydrogen-bond donors (Lipinski definition) is 0. The van der Waals surface area contributed by atoms with Crippen LogP contribution in [0.25, 0.3) is 0 Å². The summed E-state index contributed by atoms with van der Waals surface area (Å²) in [6, 6.07) is 0. The first-order chi connectivity index (χ1) is 5.77. The lowest BCUT2D eigenvalue weighted by Gasteiger charge is -2.07. The van der Waals surface area contributed by atoms with Crippen molar-refractivity contribution in [1.82, 2.24) is 0 Å². The lowest BCUT2D eigenvalue weighted by Crippen LogP contribution is -2.12. The molecule has 0 aliphatic heterocycles. The maximum atomic E-state index is 11.0. The predicted molar refractivity (Wildman–Crippen MR) is 49.1 cm³/mol. The van der Waals surface area contributed by atoms with Gasteiger partial charge >= 0.3 is 0 Å². The zero-order valence-corrected chi connectivity index (χ0v) is 9.10. The maximum absolute atomic E-state index is 11.0. The summed E-state index contributed by atoms with van der Waals surface area (Å²) in [5.41, 5.74) is 0. The predicted octanol–water partition coefficient (Wildman–Crippen LogP) is 0.478. The van der Waals surface area contributed by atoms with E-state index in [1.807, 2.05) is 5.92 Å². The highest BCUT2D eigenvalue weighted by Crippen LogP contribution is 2.37. The van der Waals surface area contributed by atoms with Gasteiger partial charge in [0.15, 0.2) is 13.3 Å². The van der Waals surface area contributed by atoms with Crippen LogP contribution in [0.1, 0.15) is 0 Å². The van der Waals surface area contributed by atoms with Gasteiger partial charge in [-0.3, -0.25) is 8.75 Å². The Balaban J connectivity index is 4.07. The van der Waals surface area contributed by atoms with Crippen LogP contribution in [0.2, 0.25) is 0 Å². The van der Waals surface area contributed by atoms with E-state index < -0.39 is 23.4 Å². The van der Waals surface area contributed by atoms with E-state index in [0.29, 0.717) is 0 Å². The second-order valence-electron chi connectivity index (χ2n) is 2.52. The third-order valence-electron chi connectivity index (χ3n) is 0.830. The molecule has 0 aromatic heterocycles. The molecule has 0 N–H and O–H groups in total. The first-order valence-corrected chi connectivity index (χ1v) is 7.36. The molecule has 0 saturated carbocycles. The van der Waals surface area contributed by atoms with E-state index in [0.717, 1.165) is 0 Å². The van der Waals surface area contributed by atoms with Crippen LogP contribution in [0.3, 0.4) is 0 Å². The molecule has 0 spiro atoms. The molecule has 0 atom stereocenters.